The summed E-state index contributed by atoms with van der Waals surface area (Å²) in [5.41, 5.74) is 6.08. The van der Waals surface area contributed by atoms with Gasteiger partial charge < -0.3 is 51.2 Å². The Hall–Kier alpha value is -3.43. The van der Waals surface area contributed by atoms with Crippen molar-refractivity contribution in [2.75, 3.05) is 19.7 Å². The van der Waals surface area contributed by atoms with Crippen LogP contribution in [0, 0.1) is 0 Å². The SMILES string of the molecule is NC(=O)C(CCC(=O)O)NC(=O)C(O[C@@H]([C@H](O)[C@H](O)CO)[C@H](C=O)NCc1ccccc1)C(=O)N1CCCCC1. The highest BCUT2D eigenvalue weighted by Gasteiger charge is 2.42. The standard InChI is InChI=1S/C26H38N4O10/c27-24(37)17(9-10-20(34)35)29-25(38)23(26(39)30-11-5-2-6-12-30)40-22(21(36)19(33)15-32)18(14-31)28-13-16-7-3-1-4-8-16/h1,3-4,7-8,14,17-19,21-23,28,32-33,36H,2,5-6,9-13,15H2,(H2,27,37)(H,29,38)(H,34,35)/t17?,18-,19+,21+,22+,23?/m0/s1. The lowest BCUT2D eigenvalue weighted by Gasteiger charge is -2.35. The summed E-state index contributed by atoms with van der Waals surface area (Å²) in [5.74, 6) is -4.24. The maximum Gasteiger partial charge on any atom is 0.303 e. The van der Waals surface area contributed by atoms with E-state index in [9.17, 15) is 39.3 Å². The number of benzene rings is 1. The van der Waals surface area contributed by atoms with Gasteiger partial charge in [-0.25, -0.2) is 0 Å². The summed E-state index contributed by atoms with van der Waals surface area (Å²) in [6.45, 7) is -0.191. The Morgan fingerprint density at radius 3 is 2.27 bits per heavy atom. The Morgan fingerprint density at radius 2 is 1.73 bits per heavy atom. The zero-order chi connectivity index (χ0) is 29.7. The third kappa shape index (κ3) is 9.95. The molecule has 1 aromatic carbocycles. The maximum atomic E-state index is 13.5. The molecular weight excluding hydrogens is 528 g/mol. The Bertz CT molecular complexity index is 989. The van der Waals surface area contributed by atoms with Crippen molar-refractivity contribution < 1.29 is 49.1 Å². The highest BCUT2D eigenvalue weighted by atomic mass is 16.5. The summed E-state index contributed by atoms with van der Waals surface area (Å²) in [7, 11) is 0. The Balaban J connectivity index is 2.38. The van der Waals surface area contributed by atoms with Gasteiger partial charge in [-0.15, -0.1) is 0 Å². The summed E-state index contributed by atoms with van der Waals surface area (Å²) in [5, 5.41) is 44.4. The molecule has 6 atom stereocenters. The van der Waals surface area contributed by atoms with Gasteiger partial charge in [0.2, 0.25) is 12.0 Å². The van der Waals surface area contributed by atoms with E-state index in [0.717, 1.165) is 12.0 Å². The largest absolute Gasteiger partial charge is 0.481 e. The molecule has 3 amide bonds. The number of carbonyl (C=O) groups excluding carboxylic acids is 4. The molecule has 0 aliphatic carbocycles. The first-order valence-electron chi connectivity index (χ1n) is 13.0. The van der Waals surface area contributed by atoms with Gasteiger partial charge in [0.25, 0.3) is 11.8 Å². The second-order valence-electron chi connectivity index (χ2n) is 9.53. The number of carbonyl (C=O) groups is 5. The minimum absolute atomic E-state index is 0.113. The van der Waals surface area contributed by atoms with Crippen molar-refractivity contribution in [2.24, 2.45) is 5.73 Å². The van der Waals surface area contributed by atoms with E-state index < -0.39 is 73.2 Å². The van der Waals surface area contributed by atoms with Crippen molar-refractivity contribution in [1.82, 2.24) is 15.5 Å². The van der Waals surface area contributed by atoms with Crippen LogP contribution in [0.4, 0.5) is 0 Å². The van der Waals surface area contributed by atoms with E-state index in [2.05, 4.69) is 10.6 Å². The van der Waals surface area contributed by atoms with Crippen LogP contribution >= 0.6 is 0 Å². The lowest BCUT2D eigenvalue weighted by Crippen LogP contribution is -2.60. The summed E-state index contributed by atoms with van der Waals surface area (Å²) in [6, 6.07) is 6.04. The Kier molecular flexibility index (Phi) is 13.6. The molecule has 0 saturated carbocycles. The second-order valence-corrected chi connectivity index (χ2v) is 9.53. The summed E-state index contributed by atoms with van der Waals surface area (Å²) < 4.78 is 5.77. The summed E-state index contributed by atoms with van der Waals surface area (Å²) in [4.78, 5) is 63.2. The highest BCUT2D eigenvalue weighted by molar-refractivity contribution is 6.04. The molecule has 2 rings (SSSR count). The fraction of sp³-hybridized carbons (Fsp3) is 0.577. The normalized spacial score (nSPS) is 18.0. The van der Waals surface area contributed by atoms with Crippen molar-refractivity contribution in [1.29, 1.82) is 0 Å². The number of carboxylic acid groups (broad SMARTS) is 1. The number of hydrogen-bond acceptors (Lipinski definition) is 10. The molecule has 40 heavy (non-hydrogen) atoms. The van der Waals surface area contributed by atoms with Crippen molar-refractivity contribution in [3.63, 3.8) is 0 Å². The number of carboxylic acids is 1. The van der Waals surface area contributed by atoms with E-state index in [-0.39, 0.29) is 13.0 Å². The van der Waals surface area contributed by atoms with Crippen LogP contribution in [0.1, 0.15) is 37.7 Å². The van der Waals surface area contributed by atoms with Gasteiger partial charge >= 0.3 is 5.97 Å². The van der Waals surface area contributed by atoms with Crippen molar-refractivity contribution >= 4 is 30.0 Å². The van der Waals surface area contributed by atoms with E-state index in [0.29, 0.717) is 32.2 Å². The molecule has 1 heterocycles. The molecule has 0 aromatic heterocycles. The predicted octanol–water partition coefficient (Wildman–Crippen LogP) is -2.34. The van der Waals surface area contributed by atoms with Crippen LogP contribution in [0.3, 0.4) is 0 Å². The minimum Gasteiger partial charge on any atom is -0.481 e. The topological polar surface area (TPSA) is 229 Å². The summed E-state index contributed by atoms with van der Waals surface area (Å²) >= 11 is 0. The van der Waals surface area contributed by atoms with Gasteiger partial charge in [-0.05, 0) is 31.2 Å². The third-order valence-corrected chi connectivity index (χ3v) is 6.53. The second kappa shape index (κ2) is 16.6. The number of aldehydes is 1. The number of piperidine rings is 1. The van der Waals surface area contributed by atoms with E-state index >= 15 is 0 Å². The average molecular weight is 567 g/mol. The van der Waals surface area contributed by atoms with Crippen LogP contribution in [0.2, 0.25) is 0 Å². The molecule has 0 bridgehead atoms. The zero-order valence-corrected chi connectivity index (χ0v) is 22.1. The molecular formula is C26H38N4O10. The molecule has 8 N–H and O–H groups in total. The van der Waals surface area contributed by atoms with Crippen molar-refractivity contribution in [2.45, 2.75) is 75.1 Å². The quantitative estimate of drug-likeness (QED) is 0.0780. The molecule has 14 heteroatoms. The van der Waals surface area contributed by atoms with E-state index in [1.807, 2.05) is 0 Å². The number of ether oxygens (including phenoxy) is 1. The van der Waals surface area contributed by atoms with Gasteiger partial charge in [0.1, 0.15) is 30.6 Å². The first kappa shape index (κ1) is 32.8. The molecule has 222 valence electrons. The number of hydrogen-bond donors (Lipinski definition) is 7. The molecule has 0 radical (unpaired) electrons. The van der Waals surface area contributed by atoms with Gasteiger partial charge in [-0.1, -0.05) is 30.3 Å². The van der Waals surface area contributed by atoms with E-state index in [4.69, 9.17) is 15.6 Å². The number of amides is 3. The number of aliphatic hydroxyl groups excluding tert-OH is 3. The first-order chi connectivity index (χ1) is 19.1. The van der Waals surface area contributed by atoms with Crippen LogP contribution < -0.4 is 16.4 Å². The van der Waals surface area contributed by atoms with Crippen molar-refractivity contribution in [3.8, 4) is 0 Å². The minimum atomic E-state index is -2.00. The monoisotopic (exact) mass is 566 g/mol. The van der Waals surface area contributed by atoms with Crippen LogP contribution in [0.25, 0.3) is 0 Å². The smallest absolute Gasteiger partial charge is 0.303 e. The maximum absolute atomic E-state index is 13.5. The van der Waals surface area contributed by atoms with Crippen LogP contribution in [0.5, 0.6) is 0 Å². The Morgan fingerprint density at radius 1 is 1.07 bits per heavy atom. The van der Waals surface area contributed by atoms with Crippen LogP contribution in [-0.4, -0.2) is 111 Å². The molecule has 14 nitrogen and oxygen atoms in total. The van der Waals surface area contributed by atoms with Gasteiger partial charge in [-0.3, -0.25) is 19.2 Å². The van der Waals surface area contributed by atoms with Gasteiger partial charge in [0.05, 0.1) is 12.6 Å². The van der Waals surface area contributed by atoms with Crippen LogP contribution in [0.15, 0.2) is 30.3 Å². The lowest BCUT2D eigenvalue weighted by atomic mass is 10.0. The van der Waals surface area contributed by atoms with Gasteiger partial charge in [0.15, 0.2) is 0 Å². The Labute approximate surface area is 231 Å². The molecule has 0 spiro atoms. The van der Waals surface area contributed by atoms with Gasteiger partial charge in [0, 0.05) is 26.1 Å². The molecule has 1 fully saturated rings. The fourth-order valence-electron chi connectivity index (χ4n) is 4.25. The number of nitrogens with two attached hydrogens (primary N) is 1. The molecule has 1 aliphatic heterocycles. The lowest BCUT2D eigenvalue weighted by molar-refractivity contribution is -0.173. The average Bonchev–Trinajstić information content (AvgIpc) is 2.96. The molecule has 2 unspecified atom stereocenters. The van der Waals surface area contributed by atoms with E-state index in [1.165, 1.54) is 4.90 Å². The number of nitrogens with one attached hydrogen (secondary N) is 2. The third-order valence-electron chi connectivity index (χ3n) is 6.53. The number of likely N-dealkylation sites (tertiary alicyclic amines) is 1. The highest BCUT2D eigenvalue weighted by Crippen LogP contribution is 2.17. The summed E-state index contributed by atoms with van der Waals surface area (Å²) in [6.07, 6.45) is -5.73. The predicted molar refractivity (Wildman–Crippen MR) is 139 cm³/mol. The number of aliphatic hydroxyl groups is 3. The number of aliphatic carboxylic acids is 1. The molecule has 1 aliphatic rings. The number of nitrogens with zero attached hydrogens (tertiary/aromatic N) is 1. The first-order valence-corrected chi connectivity index (χ1v) is 13.0. The van der Waals surface area contributed by atoms with E-state index in [1.54, 1.807) is 30.3 Å². The number of rotatable bonds is 17. The fourth-order valence-corrected chi connectivity index (χ4v) is 4.25. The molecule has 1 saturated heterocycles. The van der Waals surface area contributed by atoms with Gasteiger partial charge in [-0.2, -0.15) is 0 Å². The zero-order valence-electron chi connectivity index (χ0n) is 22.1. The number of primary amides is 1. The van der Waals surface area contributed by atoms with Crippen LogP contribution in [-0.2, 0) is 35.3 Å². The van der Waals surface area contributed by atoms with Crippen molar-refractivity contribution in [3.05, 3.63) is 35.9 Å². The molecule has 1 aromatic rings.